The zero-order chi connectivity index (χ0) is 9.02. The van der Waals surface area contributed by atoms with E-state index in [0.717, 1.165) is 5.01 Å². The molecule has 0 fully saturated rings. The highest BCUT2D eigenvalue weighted by molar-refractivity contribution is 5.72. The molecule has 0 rings (SSSR count). The van der Waals surface area contributed by atoms with Gasteiger partial charge in [0.05, 0.1) is 0 Å². The number of nitrogens with zero attached hydrogens (tertiary/aromatic N) is 1. The third kappa shape index (κ3) is 3.47. The van der Waals surface area contributed by atoms with Crippen molar-refractivity contribution in [3.05, 3.63) is 11.9 Å². The van der Waals surface area contributed by atoms with Crippen LogP contribution in [0, 0.1) is 0 Å². The molecule has 0 saturated heterocycles. The first-order valence-corrected chi connectivity index (χ1v) is 3.15. The molecule has 0 spiro atoms. The largest absolute Gasteiger partial charge is 0.480 e. The van der Waals surface area contributed by atoms with Gasteiger partial charge in [0.15, 0.2) is 0 Å². The number of carbonyl (C=O) groups is 1. The van der Waals surface area contributed by atoms with Crippen LogP contribution in [0.25, 0.3) is 0 Å². The second-order valence-corrected chi connectivity index (χ2v) is 2.33. The van der Waals surface area contributed by atoms with E-state index in [2.05, 4.69) is 0 Å². The van der Waals surface area contributed by atoms with Gasteiger partial charge in [-0.3, -0.25) is 0 Å². The summed E-state index contributed by atoms with van der Waals surface area (Å²) in [5.41, 5.74) is 5.75. The Morgan fingerprint density at radius 3 is 2.45 bits per heavy atom. The van der Waals surface area contributed by atoms with Gasteiger partial charge in [-0.2, -0.15) is 0 Å². The summed E-state index contributed by atoms with van der Waals surface area (Å²) in [4.78, 5) is 10.3. The predicted octanol–water partition coefficient (Wildman–Crippen LogP) is -0.545. The van der Waals surface area contributed by atoms with Crippen LogP contribution in [0.5, 0.6) is 0 Å². The van der Waals surface area contributed by atoms with Gasteiger partial charge in [0.25, 0.3) is 0 Å². The molecule has 0 aliphatic carbocycles. The fourth-order valence-corrected chi connectivity index (χ4v) is 0.474. The van der Waals surface area contributed by atoms with Crippen LogP contribution in [0.2, 0.25) is 0 Å². The average molecular weight is 159 g/mol. The van der Waals surface area contributed by atoms with Crippen molar-refractivity contribution in [3.8, 4) is 0 Å². The fraction of sp³-hybridized carbons (Fsp3) is 0.500. The van der Waals surface area contributed by atoms with Crippen molar-refractivity contribution < 1.29 is 9.90 Å². The molecule has 0 aliphatic heterocycles. The van der Waals surface area contributed by atoms with Crippen molar-refractivity contribution in [3.63, 3.8) is 0 Å². The third-order valence-corrected chi connectivity index (χ3v) is 1.16. The summed E-state index contributed by atoms with van der Waals surface area (Å²) in [7, 11) is 0. The number of carboxylic acids is 1. The van der Waals surface area contributed by atoms with Gasteiger partial charge in [-0.1, -0.05) is 0 Å². The van der Waals surface area contributed by atoms with Crippen molar-refractivity contribution >= 4 is 5.97 Å². The highest BCUT2D eigenvalue weighted by Gasteiger charge is 2.14. The Balaban J connectivity index is 4.14. The average Bonchev–Trinajstić information content (AvgIpc) is 1.84. The maximum Gasteiger partial charge on any atom is 0.327 e. The summed E-state index contributed by atoms with van der Waals surface area (Å²) < 4.78 is 0. The highest BCUT2D eigenvalue weighted by Crippen LogP contribution is 1.94. The molecule has 11 heavy (non-hydrogen) atoms. The van der Waals surface area contributed by atoms with E-state index in [4.69, 9.17) is 16.7 Å². The van der Waals surface area contributed by atoms with E-state index in [-0.39, 0.29) is 0 Å². The van der Waals surface area contributed by atoms with E-state index in [1.54, 1.807) is 6.92 Å². The topological polar surface area (TPSA) is 92.6 Å². The van der Waals surface area contributed by atoms with Gasteiger partial charge in [0.1, 0.15) is 6.04 Å². The summed E-state index contributed by atoms with van der Waals surface area (Å²) >= 11 is 0. The first kappa shape index (κ1) is 9.77. The summed E-state index contributed by atoms with van der Waals surface area (Å²) in [5, 5.41) is 9.53. The Kier molecular flexibility index (Phi) is 3.39. The maximum atomic E-state index is 10.3. The number of rotatable bonds is 3. The van der Waals surface area contributed by atoms with E-state index in [1.165, 1.54) is 13.1 Å². The van der Waals surface area contributed by atoms with Crippen LogP contribution in [0.3, 0.4) is 0 Å². The van der Waals surface area contributed by atoms with Crippen LogP contribution in [0.4, 0.5) is 0 Å². The van der Waals surface area contributed by atoms with E-state index in [0.29, 0.717) is 5.70 Å². The van der Waals surface area contributed by atoms with Crippen molar-refractivity contribution in [2.45, 2.75) is 19.9 Å². The predicted molar refractivity (Wildman–Crippen MR) is 41.1 cm³/mol. The molecule has 0 aliphatic rings. The molecule has 0 aromatic rings. The minimum atomic E-state index is -0.981. The van der Waals surface area contributed by atoms with Gasteiger partial charge in [-0.25, -0.2) is 10.6 Å². The molecule has 0 saturated carbocycles. The van der Waals surface area contributed by atoms with Crippen LogP contribution < -0.4 is 11.6 Å². The van der Waals surface area contributed by atoms with Crippen molar-refractivity contribution in [2.24, 2.45) is 11.6 Å². The second kappa shape index (κ2) is 3.82. The molecule has 0 aromatic heterocycles. The first-order chi connectivity index (χ1) is 4.95. The second-order valence-electron chi connectivity index (χ2n) is 2.33. The molecule has 5 nitrogen and oxygen atoms in total. The molecule has 1 atom stereocenters. The lowest BCUT2D eigenvalue weighted by Crippen LogP contribution is -2.40. The molecule has 0 amide bonds. The van der Waals surface area contributed by atoms with Crippen LogP contribution in [0.1, 0.15) is 13.8 Å². The van der Waals surface area contributed by atoms with Crippen molar-refractivity contribution in [2.75, 3.05) is 0 Å². The zero-order valence-corrected chi connectivity index (χ0v) is 6.61. The number of aliphatic carboxylic acids is 1. The molecule has 0 radical (unpaired) electrons. The zero-order valence-electron chi connectivity index (χ0n) is 6.61. The number of hydrazine groups is 1. The minimum Gasteiger partial charge on any atom is -0.480 e. The molecule has 0 bridgehead atoms. The number of nitrogens with two attached hydrogens (primary N) is 2. The number of carboxylic acid groups (broad SMARTS) is 1. The Hall–Kier alpha value is -1.23. The Morgan fingerprint density at radius 1 is 1.73 bits per heavy atom. The van der Waals surface area contributed by atoms with Crippen LogP contribution >= 0.6 is 0 Å². The van der Waals surface area contributed by atoms with E-state index in [9.17, 15) is 4.79 Å². The van der Waals surface area contributed by atoms with Gasteiger partial charge < -0.3 is 15.8 Å². The fourth-order valence-electron chi connectivity index (χ4n) is 0.474. The molecular weight excluding hydrogens is 146 g/mol. The molecule has 64 valence electrons. The number of hydrogen-bond acceptors (Lipinski definition) is 4. The summed E-state index contributed by atoms with van der Waals surface area (Å²) in [6, 6.07) is -0.756. The van der Waals surface area contributed by atoms with Crippen LogP contribution in [-0.2, 0) is 4.79 Å². The van der Waals surface area contributed by atoms with Crippen molar-refractivity contribution in [1.82, 2.24) is 5.01 Å². The minimum absolute atomic E-state index is 0.473. The molecule has 5 N–H and O–H groups in total. The summed E-state index contributed by atoms with van der Waals surface area (Å²) in [5.74, 6) is 4.33. The lowest BCUT2D eigenvalue weighted by atomic mass is 10.3. The normalized spacial score (nSPS) is 14.3. The van der Waals surface area contributed by atoms with Crippen molar-refractivity contribution in [1.29, 1.82) is 0 Å². The molecule has 0 heterocycles. The van der Waals surface area contributed by atoms with E-state index >= 15 is 0 Å². The molecule has 0 aromatic carbocycles. The molecular formula is C6H13N3O2. The number of allylic oxidation sites excluding steroid dienone is 1. The lowest BCUT2D eigenvalue weighted by molar-refractivity contribution is -0.141. The molecule has 1 unspecified atom stereocenters. The quantitative estimate of drug-likeness (QED) is 0.379. The van der Waals surface area contributed by atoms with Gasteiger partial charge >= 0.3 is 5.97 Å². The van der Waals surface area contributed by atoms with Crippen LogP contribution in [-0.4, -0.2) is 22.1 Å². The maximum absolute atomic E-state index is 10.3. The van der Waals surface area contributed by atoms with Gasteiger partial charge in [-0.15, -0.1) is 0 Å². The highest BCUT2D eigenvalue weighted by atomic mass is 16.4. The standard InChI is InChI=1S/C6H13N3O2/c1-4(7)3-9(8)5(2)6(10)11/h3,5H,7-8H2,1-2H3,(H,10,11)/b4-3-. The van der Waals surface area contributed by atoms with E-state index < -0.39 is 12.0 Å². The Labute approximate surface area is 65.2 Å². The SMILES string of the molecule is C/C(N)=C/N(N)C(C)C(=O)O. The third-order valence-electron chi connectivity index (χ3n) is 1.16. The van der Waals surface area contributed by atoms with Crippen LogP contribution in [0.15, 0.2) is 11.9 Å². The van der Waals surface area contributed by atoms with Gasteiger partial charge in [0, 0.05) is 11.9 Å². The van der Waals surface area contributed by atoms with Gasteiger partial charge in [0.2, 0.25) is 0 Å². The van der Waals surface area contributed by atoms with Gasteiger partial charge in [-0.05, 0) is 13.8 Å². The lowest BCUT2D eigenvalue weighted by Gasteiger charge is -2.18. The molecule has 5 heteroatoms. The monoisotopic (exact) mass is 159 g/mol. The Morgan fingerprint density at radius 2 is 2.18 bits per heavy atom. The summed E-state index contributed by atoms with van der Waals surface area (Å²) in [6.07, 6.45) is 1.37. The first-order valence-electron chi connectivity index (χ1n) is 3.15. The van der Waals surface area contributed by atoms with E-state index in [1.807, 2.05) is 0 Å². The smallest absolute Gasteiger partial charge is 0.327 e. The Bertz CT molecular complexity index is 175. The number of hydrogen-bond donors (Lipinski definition) is 3. The summed E-state index contributed by atoms with van der Waals surface area (Å²) in [6.45, 7) is 3.11.